The van der Waals surface area contributed by atoms with Crippen LogP contribution >= 0.6 is 0 Å². The number of amidine groups is 1. The highest BCUT2D eigenvalue weighted by atomic mass is 19.1. The Morgan fingerprint density at radius 3 is 2.50 bits per heavy atom. The number of rotatable bonds is 8. The zero-order valence-corrected chi connectivity index (χ0v) is 18.4. The van der Waals surface area contributed by atoms with Crippen molar-refractivity contribution < 1.29 is 13.9 Å². The summed E-state index contributed by atoms with van der Waals surface area (Å²) < 4.78 is 26.9. The molecule has 2 aromatic heterocycles. The molecule has 0 saturated heterocycles. The number of nitrogens with two attached hydrogens (primary N) is 1. The van der Waals surface area contributed by atoms with Crippen molar-refractivity contribution in [3.8, 4) is 17.3 Å². The summed E-state index contributed by atoms with van der Waals surface area (Å²) in [4.78, 5) is 23.5. The lowest BCUT2D eigenvalue weighted by atomic mass is 9.90. The van der Waals surface area contributed by atoms with Crippen molar-refractivity contribution in [2.75, 3.05) is 14.2 Å². The third-order valence-electron chi connectivity index (χ3n) is 5.31. The average molecular weight is 463 g/mol. The van der Waals surface area contributed by atoms with Crippen LogP contribution in [0.3, 0.4) is 0 Å². The molecule has 0 aliphatic heterocycles. The van der Waals surface area contributed by atoms with Crippen LogP contribution in [0.15, 0.2) is 59.8 Å². The fraction of sp³-hybridized carbons (Fsp3) is 0.174. The van der Waals surface area contributed by atoms with E-state index < -0.39 is 17.4 Å². The smallest absolute Gasteiger partial charge is 0.349 e. The van der Waals surface area contributed by atoms with Gasteiger partial charge in [-0.1, -0.05) is 24.3 Å². The van der Waals surface area contributed by atoms with Crippen LogP contribution < -0.4 is 20.9 Å². The molecule has 2 heterocycles. The minimum atomic E-state index is -0.686. The molecular formula is C23H22FN7O3. The molecule has 0 saturated carbocycles. The summed E-state index contributed by atoms with van der Waals surface area (Å²) in [5, 5.41) is 12.0. The minimum absolute atomic E-state index is 0.0546. The summed E-state index contributed by atoms with van der Waals surface area (Å²) >= 11 is 0. The van der Waals surface area contributed by atoms with E-state index in [0.29, 0.717) is 11.3 Å². The Balaban J connectivity index is 1.82. The molecule has 174 valence electrons. The highest BCUT2D eigenvalue weighted by molar-refractivity contribution is 5.94. The third kappa shape index (κ3) is 4.49. The maximum Gasteiger partial charge on any atom is 0.349 e. The SMILES string of the molecule is COc1cc(F)c(C(Cc2ccc(C(=N)N)cc2)c2nn(-c3cnccn3)c(=O)[nH]2)cc1OC. The topological polar surface area (TPSA) is 145 Å². The van der Waals surface area contributed by atoms with Crippen molar-refractivity contribution in [3.63, 3.8) is 0 Å². The predicted octanol–water partition coefficient (Wildman–Crippen LogP) is 2.17. The van der Waals surface area contributed by atoms with E-state index in [1.807, 2.05) is 0 Å². The van der Waals surface area contributed by atoms with Crippen LogP contribution in [0.1, 0.15) is 28.4 Å². The molecule has 0 spiro atoms. The molecule has 4 N–H and O–H groups in total. The van der Waals surface area contributed by atoms with E-state index in [-0.39, 0.29) is 35.2 Å². The van der Waals surface area contributed by atoms with Gasteiger partial charge in [0.1, 0.15) is 17.5 Å². The van der Waals surface area contributed by atoms with Gasteiger partial charge in [-0.3, -0.25) is 15.4 Å². The van der Waals surface area contributed by atoms with E-state index in [4.69, 9.17) is 20.6 Å². The number of H-pyrrole nitrogens is 1. The molecule has 0 bridgehead atoms. The third-order valence-corrected chi connectivity index (χ3v) is 5.31. The molecule has 34 heavy (non-hydrogen) atoms. The molecule has 0 aliphatic carbocycles. The second-order valence-electron chi connectivity index (χ2n) is 7.39. The molecule has 0 amide bonds. The van der Waals surface area contributed by atoms with E-state index in [2.05, 4.69) is 20.1 Å². The maximum absolute atomic E-state index is 15.3. The molecule has 1 unspecified atom stereocenters. The highest BCUT2D eigenvalue weighted by Gasteiger charge is 2.26. The van der Waals surface area contributed by atoms with Gasteiger partial charge in [0.05, 0.1) is 26.3 Å². The Labute approximate surface area is 193 Å². The maximum atomic E-state index is 15.3. The molecule has 0 fully saturated rings. The Kier molecular flexibility index (Phi) is 6.35. The summed E-state index contributed by atoms with van der Waals surface area (Å²) in [5.74, 6) is -0.240. The first-order valence-corrected chi connectivity index (χ1v) is 10.2. The van der Waals surface area contributed by atoms with E-state index >= 15 is 4.39 Å². The van der Waals surface area contributed by atoms with Crippen LogP contribution in [0.25, 0.3) is 5.82 Å². The van der Waals surface area contributed by atoms with Crippen LogP contribution in [0.2, 0.25) is 0 Å². The van der Waals surface area contributed by atoms with Crippen molar-refractivity contribution in [2.45, 2.75) is 12.3 Å². The lowest BCUT2D eigenvalue weighted by Crippen LogP contribution is -2.17. The molecule has 4 rings (SSSR count). The number of nitrogens with zero attached hydrogens (tertiary/aromatic N) is 4. The van der Waals surface area contributed by atoms with Crippen LogP contribution in [0.4, 0.5) is 4.39 Å². The number of hydrogen-bond acceptors (Lipinski definition) is 7. The van der Waals surface area contributed by atoms with E-state index in [9.17, 15) is 4.79 Å². The number of aromatic amines is 1. The first kappa shape index (κ1) is 22.6. The van der Waals surface area contributed by atoms with Crippen molar-refractivity contribution in [3.05, 3.63) is 93.8 Å². The van der Waals surface area contributed by atoms with Crippen molar-refractivity contribution in [1.82, 2.24) is 24.7 Å². The summed E-state index contributed by atoms with van der Waals surface area (Å²) in [5.41, 5.74) is 6.66. The molecule has 0 radical (unpaired) electrons. The predicted molar refractivity (Wildman–Crippen MR) is 122 cm³/mol. The van der Waals surface area contributed by atoms with Crippen LogP contribution in [-0.4, -0.2) is 44.8 Å². The average Bonchev–Trinajstić information content (AvgIpc) is 3.24. The van der Waals surface area contributed by atoms with Crippen LogP contribution in [-0.2, 0) is 6.42 Å². The van der Waals surface area contributed by atoms with E-state index in [1.54, 1.807) is 24.3 Å². The summed E-state index contributed by atoms with van der Waals surface area (Å²) in [6.45, 7) is 0. The lowest BCUT2D eigenvalue weighted by molar-refractivity contribution is 0.351. The zero-order chi connectivity index (χ0) is 24.2. The quantitative estimate of drug-likeness (QED) is 0.268. The van der Waals surface area contributed by atoms with Gasteiger partial charge in [0.25, 0.3) is 0 Å². The largest absolute Gasteiger partial charge is 0.493 e. The van der Waals surface area contributed by atoms with Gasteiger partial charge in [0.15, 0.2) is 17.3 Å². The highest BCUT2D eigenvalue weighted by Crippen LogP contribution is 2.36. The fourth-order valence-corrected chi connectivity index (χ4v) is 3.60. The molecule has 2 aromatic carbocycles. The van der Waals surface area contributed by atoms with Gasteiger partial charge in [-0.25, -0.2) is 14.2 Å². The fourth-order valence-electron chi connectivity index (χ4n) is 3.60. The van der Waals surface area contributed by atoms with E-state index in [0.717, 1.165) is 10.2 Å². The van der Waals surface area contributed by atoms with Crippen LogP contribution in [0.5, 0.6) is 11.5 Å². The summed E-state index contributed by atoms with van der Waals surface area (Å²) in [6, 6.07) is 9.77. The van der Waals surface area contributed by atoms with Gasteiger partial charge in [-0.15, -0.1) is 5.10 Å². The van der Waals surface area contributed by atoms with Gasteiger partial charge >= 0.3 is 5.69 Å². The van der Waals surface area contributed by atoms with Crippen LogP contribution in [0, 0.1) is 11.2 Å². The normalized spacial score (nSPS) is 11.7. The van der Waals surface area contributed by atoms with Gasteiger partial charge in [0.2, 0.25) is 0 Å². The minimum Gasteiger partial charge on any atom is -0.493 e. The lowest BCUT2D eigenvalue weighted by Gasteiger charge is -2.18. The number of methoxy groups -OCH3 is 2. The number of hydrogen-bond donors (Lipinski definition) is 3. The van der Waals surface area contributed by atoms with Gasteiger partial charge in [-0.2, -0.15) is 4.68 Å². The van der Waals surface area contributed by atoms with Crippen molar-refractivity contribution in [2.24, 2.45) is 5.73 Å². The molecule has 4 aromatic rings. The number of nitrogens with one attached hydrogen (secondary N) is 2. The Morgan fingerprint density at radius 2 is 1.88 bits per heavy atom. The molecule has 0 aliphatic rings. The molecule has 1 atom stereocenters. The Morgan fingerprint density at radius 1 is 1.18 bits per heavy atom. The summed E-state index contributed by atoms with van der Waals surface area (Å²) in [6.07, 6.45) is 4.61. The number of aromatic nitrogens is 5. The number of halogens is 1. The van der Waals surface area contributed by atoms with Gasteiger partial charge in [0, 0.05) is 29.6 Å². The first-order valence-electron chi connectivity index (χ1n) is 10.2. The van der Waals surface area contributed by atoms with E-state index in [1.165, 1.54) is 44.9 Å². The Hall–Kier alpha value is -4.54. The number of ether oxygens (including phenoxy) is 2. The summed E-state index contributed by atoms with van der Waals surface area (Å²) in [7, 11) is 2.88. The van der Waals surface area contributed by atoms with Crippen molar-refractivity contribution in [1.29, 1.82) is 5.41 Å². The van der Waals surface area contributed by atoms with Gasteiger partial charge in [-0.05, 0) is 18.1 Å². The second kappa shape index (κ2) is 9.53. The zero-order valence-electron chi connectivity index (χ0n) is 18.4. The number of benzene rings is 2. The Bertz CT molecular complexity index is 1370. The van der Waals surface area contributed by atoms with Gasteiger partial charge < -0.3 is 15.2 Å². The molecule has 11 heteroatoms. The number of nitrogen functional groups attached to an aromatic ring is 1. The first-order chi connectivity index (χ1) is 16.4. The second-order valence-corrected chi connectivity index (χ2v) is 7.39. The standard InChI is InChI=1S/C23H22FN7O3/c1-33-18-10-15(17(24)11-19(18)34-2)16(9-13-3-5-14(6-4-13)21(25)26)22-29-23(32)31(30-22)20-12-27-7-8-28-20/h3-8,10-12,16H,9H2,1-2H3,(H3,25,26)(H,29,30,32). The molecule has 10 nitrogen and oxygen atoms in total. The molecular weight excluding hydrogens is 441 g/mol. The van der Waals surface area contributed by atoms with Crippen molar-refractivity contribution >= 4 is 5.84 Å². The monoisotopic (exact) mass is 463 g/mol.